The van der Waals surface area contributed by atoms with Crippen LogP contribution in [0.2, 0.25) is 0 Å². The normalized spacial score (nSPS) is 15.6. The molecule has 1 fully saturated rings. The molecule has 1 aromatic carbocycles. The van der Waals surface area contributed by atoms with Gasteiger partial charge in [-0.2, -0.15) is 5.10 Å². The Kier molecular flexibility index (Phi) is 3.86. The summed E-state index contributed by atoms with van der Waals surface area (Å²) in [7, 11) is 0. The van der Waals surface area contributed by atoms with Crippen LogP contribution in [0.4, 0.5) is 17.3 Å². The minimum absolute atomic E-state index is 0.415. The van der Waals surface area contributed by atoms with Crippen molar-refractivity contribution < 1.29 is 0 Å². The van der Waals surface area contributed by atoms with E-state index in [0.717, 1.165) is 54.0 Å². The van der Waals surface area contributed by atoms with Gasteiger partial charge in [-0.1, -0.05) is 12.1 Å². The molecular weight excluding hydrogens is 300 g/mol. The number of piperidine rings is 1. The molecule has 0 amide bonds. The summed E-state index contributed by atoms with van der Waals surface area (Å²) in [4.78, 5) is 6.95. The maximum atomic E-state index is 6.09. The molecule has 1 aliphatic rings. The van der Waals surface area contributed by atoms with Crippen LogP contribution in [-0.4, -0.2) is 34.3 Å². The summed E-state index contributed by atoms with van der Waals surface area (Å²) >= 11 is 0. The third kappa shape index (κ3) is 2.82. The number of anilines is 3. The Bertz CT molecular complexity index is 827. The summed E-state index contributed by atoms with van der Waals surface area (Å²) < 4.78 is 0. The summed E-state index contributed by atoms with van der Waals surface area (Å²) in [6.07, 6.45) is 5.61. The number of aromatic nitrogens is 3. The Labute approximate surface area is 140 Å². The second kappa shape index (κ2) is 6.31. The van der Waals surface area contributed by atoms with Crippen molar-refractivity contribution >= 4 is 28.1 Å². The van der Waals surface area contributed by atoms with Crippen LogP contribution in [0.3, 0.4) is 0 Å². The quantitative estimate of drug-likeness (QED) is 0.722. The Balaban J connectivity index is 1.49. The lowest BCUT2D eigenvalue weighted by molar-refractivity contribution is 0.523. The highest BCUT2D eigenvalue weighted by Crippen LogP contribution is 2.30. The first kappa shape index (κ1) is 14.7. The standard InChI is InChI=1S/C18H20N6/c19-16-4-1-3-15-14(16)6-10-20-18(15)24-11-7-13(8-12-24)22-17-5-2-9-21-23-17/h1-6,9-10,13H,7-8,11-12,19H2,(H,22,23). The molecule has 6 heteroatoms. The van der Waals surface area contributed by atoms with Crippen LogP contribution in [0, 0.1) is 0 Å². The first-order chi connectivity index (χ1) is 11.8. The van der Waals surface area contributed by atoms with E-state index >= 15 is 0 Å². The van der Waals surface area contributed by atoms with E-state index in [-0.39, 0.29) is 0 Å². The van der Waals surface area contributed by atoms with E-state index < -0.39 is 0 Å². The number of hydrogen-bond acceptors (Lipinski definition) is 6. The molecule has 0 radical (unpaired) electrons. The molecule has 0 unspecified atom stereocenters. The molecule has 3 aromatic rings. The summed E-state index contributed by atoms with van der Waals surface area (Å²) in [6.45, 7) is 1.91. The van der Waals surface area contributed by atoms with Gasteiger partial charge in [0.25, 0.3) is 0 Å². The van der Waals surface area contributed by atoms with E-state index in [1.165, 1.54) is 0 Å². The first-order valence-corrected chi connectivity index (χ1v) is 8.23. The molecule has 122 valence electrons. The number of nitrogens with one attached hydrogen (secondary N) is 1. The van der Waals surface area contributed by atoms with Gasteiger partial charge in [-0.05, 0) is 37.1 Å². The second-order valence-electron chi connectivity index (χ2n) is 6.09. The molecule has 2 aromatic heterocycles. The molecule has 3 N–H and O–H groups in total. The summed E-state index contributed by atoms with van der Waals surface area (Å²) in [6, 6.07) is 12.3. The smallest absolute Gasteiger partial charge is 0.148 e. The molecule has 0 aliphatic carbocycles. The zero-order chi connectivity index (χ0) is 16.4. The number of nitrogens with zero attached hydrogens (tertiary/aromatic N) is 4. The van der Waals surface area contributed by atoms with Gasteiger partial charge in [0.1, 0.15) is 11.6 Å². The van der Waals surface area contributed by atoms with Gasteiger partial charge < -0.3 is 16.0 Å². The maximum absolute atomic E-state index is 6.09. The Hall–Kier alpha value is -2.89. The molecule has 6 nitrogen and oxygen atoms in total. The Morgan fingerprint density at radius 3 is 2.67 bits per heavy atom. The van der Waals surface area contributed by atoms with Crippen molar-refractivity contribution in [2.45, 2.75) is 18.9 Å². The zero-order valence-electron chi connectivity index (χ0n) is 13.4. The number of nitrogen functional groups attached to an aromatic ring is 1. The highest BCUT2D eigenvalue weighted by Gasteiger charge is 2.21. The minimum atomic E-state index is 0.415. The van der Waals surface area contributed by atoms with Gasteiger partial charge in [-0.25, -0.2) is 4.98 Å². The number of pyridine rings is 1. The van der Waals surface area contributed by atoms with Crippen LogP contribution < -0.4 is 16.0 Å². The van der Waals surface area contributed by atoms with Crippen molar-refractivity contribution in [3.63, 3.8) is 0 Å². The average molecular weight is 320 g/mol. The van der Waals surface area contributed by atoms with E-state index in [4.69, 9.17) is 5.73 Å². The third-order valence-electron chi connectivity index (χ3n) is 4.54. The number of fused-ring (bicyclic) bond motifs is 1. The van der Waals surface area contributed by atoms with E-state index in [9.17, 15) is 0 Å². The number of hydrogen-bond donors (Lipinski definition) is 2. The molecule has 0 atom stereocenters. The molecule has 1 saturated heterocycles. The maximum Gasteiger partial charge on any atom is 0.148 e. The van der Waals surface area contributed by atoms with Gasteiger partial charge in [0.15, 0.2) is 0 Å². The highest BCUT2D eigenvalue weighted by molar-refractivity contribution is 5.99. The van der Waals surface area contributed by atoms with Gasteiger partial charge in [0, 0.05) is 48.0 Å². The van der Waals surface area contributed by atoms with Crippen LogP contribution in [0.1, 0.15) is 12.8 Å². The summed E-state index contributed by atoms with van der Waals surface area (Å²) in [5.41, 5.74) is 6.89. The number of benzene rings is 1. The predicted molar refractivity (Wildman–Crippen MR) is 97.0 cm³/mol. The molecule has 24 heavy (non-hydrogen) atoms. The van der Waals surface area contributed by atoms with Crippen molar-refractivity contribution in [1.82, 2.24) is 15.2 Å². The SMILES string of the molecule is Nc1cccc2c(N3CCC(Nc4cccnn4)CC3)nccc12. The predicted octanol–water partition coefficient (Wildman–Crippen LogP) is 2.69. The molecule has 0 bridgehead atoms. The fraction of sp³-hybridized carbons (Fsp3) is 0.278. The average Bonchev–Trinajstić information content (AvgIpc) is 2.63. The topological polar surface area (TPSA) is 80.0 Å². The molecular formula is C18H20N6. The highest BCUT2D eigenvalue weighted by atomic mass is 15.2. The molecule has 3 heterocycles. The summed E-state index contributed by atoms with van der Waals surface area (Å²) in [5, 5.41) is 13.7. The van der Waals surface area contributed by atoms with E-state index in [2.05, 4.69) is 31.5 Å². The van der Waals surface area contributed by atoms with Crippen molar-refractivity contribution in [2.75, 3.05) is 29.0 Å². The van der Waals surface area contributed by atoms with Gasteiger partial charge in [0.2, 0.25) is 0 Å². The van der Waals surface area contributed by atoms with E-state index in [1.54, 1.807) is 6.20 Å². The zero-order valence-corrected chi connectivity index (χ0v) is 13.4. The van der Waals surface area contributed by atoms with Crippen LogP contribution in [0.15, 0.2) is 48.8 Å². The van der Waals surface area contributed by atoms with Crippen molar-refractivity contribution in [1.29, 1.82) is 0 Å². The van der Waals surface area contributed by atoms with Gasteiger partial charge in [0.05, 0.1) is 0 Å². The molecule has 4 rings (SSSR count). The van der Waals surface area contributed by atoms with Crippen molar-refractivity contribution in [2.24, 2.45) is 0 Å². The molecule has 1 aliphatic heterocycles. The Morgan fingerprint density at radius 2 is 1.88 bits per heavy atom. The van der Waals surface area contributed by atoms with Gasteiger partial charge in [-0.15, -0.1) is 5.10 Å². The molecule has 0 spiro atoms. The lowest BCUT2D eigenvalue weighted by Gasteiger charge is -2.33. The summed E-state index contributed by atoms with van der Waals surface area (Å²) in [5.74, 6) is 1.87. The third-order valence-corrected chi connectivity index (χ3v) is 4.54. The lowest BCUT2D eigenvalue weighted by atomic mass is 10.0. The molecule has 0 saturated carbocycles. The van der Waals surface area contributed by atoms with Crippen LogP contribution in [-0.2, 0) is 0 Å². The first-order valence-electron chi connectivity index (χ1n) is 8.23. The van der Waals surface area contributed by atoms with Crippen molar-refractivity contribution in [3.05, 3.63) is 48.8 Å². The second-order valence-corrected chi connectivity index (χ2v) is 6.09. The van der Waals surface area contributed by atoms with E-state index in [1.807, 2.05) is 36.5 Å². The van der Waals surface area contributed by atoms with Crippen LogP contribution in [0.5, 0.6) is 0 Å². The monoisotopic (exact) mass is 320 g/mol. The van der Waals surface area contributed by atoms with Crippen LogP contribution in [0.25, 0.3) is 10.8 Å². The fourth-order valence-corrected chi connectivity index (χ4v) is 3.29. The van der Waals surface area contributed by atoms with Crippen molar-refractivity contribution in [3.8, 4) is 0 Å². The van der Waals surface area contributed by atoms with Crippen LogP contribution >= 0.6 is 0 Å². The minimum Gasteiger partial charge on any atom is -0.398 e. The number of rotatable bonds is 3. The van der Waals surface area contributed by atoms with E-state index in [0.29, 0.717) is 6.04 Å². The number of nitrogens with two attached hydrogens (primary N) is 1. The fourth-order valence-electron chi connectivity index (χ4n) is 3.29. The van der Waals surface area contributed by atoms with Gasteiger partial charge in [-0.3, -0.25) is 0 Å². The largest absolute Gasteiger partial charge is 0.398 e. The van der Waals surface area contributed by atoms with Gasteiger partial charge >= 0.3 is 0 Å². The Morgan fingerprint density at radius 1 is 1.00 bits per heavy atom. The lowest BCUT2D eigenvalue weighted by Crippen LogP contribution is -2.39.